The number of hydrogen-bond acceptors (Lipinski definition) is 3. The molecule has 0 aliphatic heterocycles. The quantitative estimate of drug-likeness (QED) is 0.431. The zero-order chi connectivity index (χ0) is 23.3. The van der Waals surface area contributed by atoms with Crippen molar-refractivity contribution in [1.29, 1.82) is 0 Å². The summed E-state index contributed by atoms with van der Waals surface area (Å²) >= 11 is -0.147. The summed E-state index contributed by atoms with van der Waals surface area (Å²) in [5.41, 5.74) is 3.43. The first kappa shape index (κ1) is 26.3. The van der Waals surface area contributed by atoms with Crippen LogP contribution in [0.15, 0.2) is 48.5 Å². The lowest BCUT2D eigenvalue weighted by atomic mass is 9.87. The highest BCUT2D eigenvalue weighted by Crippen LogP contribution is 2.24. The molecule has 0 radical (unpaired) electrons. The molecule has 2 aromatic rings. The smallest absolute Gasteiger partial charge is 0.358 e. The van der Waals surface area contributed by atoms with Crippen LogP contribution in [0.25, 0.3) is 0 Å². The minimum Gasteiger partial charge on any atom is -0.748 e. The largest absolute Gasteiger partial charge is 0.748 e. The summed E-state index contributed by atoms with van der Waals surface area (Å²) in [5.74, 6) is 0. The summed E-state index contributed by atoms with van der Waals surface area (Å²) in [7, 11) is -3.98. The third kappa shape index (κ3) is 8.17. The molecule has 0 saturated heterocycles. The molecule has 0 spiro atoms. The molecule has 0 N–H and O–H groups in total. The minimum absolute atomic E-state index is 0.147. The maximum atomic E-state index is 10.4. The maximum Gasteiger partial charge on any atom is 0.358 e. The van der Waals surface area contributed by atoms with E-state index in [1.165, 1.54) is 11.1 Å². The van der Waals surface area contributed by atoms with E-state index in [-0.39, 0.29) is 32.0 Å². The molecule has 0 bridgehead atoms. The van der Waals surface area contributed by atoms with E-state index in [4.69, 9.17) is 0 Å². The summed E-state index contributed by atoms with van der Waals surface area (Å²) in [4.78, 5) is 0. The van der Waals surface area contributed by atoms with Crippen LogP contribution in [0, 0.1) is 7.14 Å². The van der Waals surface area contributed by atoms with E-state index in [0.29, 0.717) is 12.8 Å². The normalized spacial score (nSPS) is 15.8. The van der Waals surface area contributed by atoms with Gasteiger partial charge in [0.15, 0.2) is 7.14 Å². The third-order valence-corrected chi connectivity index (χ3v) is 9.86. The second-order valence-electron chi connectivity index (χ2n) is 10.3. The van der Waals surface area contributed by atoms with E-state index in [1.807, 2.05) is 0 Å². The van der Waals surface area contributed by atoms with Crippen molar-refractivity contribution in [3.05, 3.63) is 66.8 Å². The van der Waals surface area contributed by atoms with Gasteiger partial charge in [0.1, 0.15) is 0 Å². The molecular formula is C26H37IO3S. The van der Waals surface area contributed by atoms with Gasteiger partial charge in [-0.2, -0.15) is 0 Å². The Morgan fingerprint density at radius 2 is 1.13 bits per heavy atom. The molecule has 5 heteroatoms. The second-order valence-corrected chi connectivity index (χ2v) is 14.8. The van der Waals surface area contributed by atoms with Crippen LogP contribution in [-0.2, 0) is 20.9 Å². The number of rotatable bonds is 3. The van der Waals surface area contributed by atoms with Crippen molar-refractivity contribution in [3.63, 3.8) is 0 Å². The average Bonchev–Trinajstić information content (AvgIpc) is 2.68. The molecule has 1 aliphatic rings. The molecule has 0 aromatic heterocycles. The van der Waals surface area contributed by atoms with Gasteiger partial charge in [-0.05, 0) is 35.8 Å². The van der Waals surface area contributed by atoms with Crippen LogP contribution in [-0.4, -0.2) is 18.2 Å². The molecule has 0 heterocycles. The SMILES string of the molecule is CC(C)(C)c1ccccc1[I+]c1ccccc1C(C)(C)C.O=S(=O)([O-])C1CCCCC1. The Bertz CT molecular complexity index is 892. The average molecular weight is 557 g/mol. The van der Waals surface area contributed by atoms with Crippen LogP contribution in [0.4, 0.5) is 0 Å². The van der Waals surface area contributed by atoms with Crippen molar-refractivity contribution >= 4 is 10.1 Å². The number of halogens is 1. The topological polar surface area (TPSA) is 57.2 Å². The van der Waals surface area contributed by atoms with Crippen molar-refractivity contribution in [2.75, 3.05) is 0 Å². The van der Waals surface area contributed by atoms with Gasteiger partial charge in [-0.15, -0.1) is 0 Å². The zero-order valence-electron chi connectivity index (χ0n) is 19.7. The van der Waals surface area contributed by atoms with E-state index in [2.05, 4.69) is 90.1 Å². The first-order chi connectivity index (χ1) is 14.3. The van der Waals surface area contributed by atoms with Gasteiger partial charge in [-0.25, -0.2) is 8.42 Å². The van der Waals surface area contributed by atoms with Gasteiger partial charge in [-0.1, -0.05) is 97.2 Å². The molecule has 0 atom stereocenters. The molecule has 1 saturated carbocycles. The Balaban J connectivity index is 0.000000285. The fourth-order valence-electron chi connectivity index (χ4n) is 3.77. The molecule has 1 fully saturated rings. The van der Waals surface area contributed by atoms with Gasteiger partial charge in [0.25, 0.3) is 0 Å². The molecule has 3 nitrogen and oxygen atoms in total. The maximum absolute atomic E-state index is 10.4. The van der Waals surface area contributed by atoms with Gasteiger partial charge >= 0.3 is 21.2 Å². The highest BCUT2D eigenvalue weighted by Gasteiger charge is 2.30. The van der Waals surface area contributed by atoms with Gasteiger partial charge in [-0.3, -0.25) is 0 Å². The zero-order valence-corrected chi connectivity index (χ0v) is 22.7. The monoisotopic (exact) mass is 556 g/mol. The van der Waals surface area contributed by atoms with Crippen LogP contribution < -0.4 is 21.2 Å². The van der Waals surface area contributed by atoms with Gasteiger partial charge in [0.2, 0.25) is 0 Å². The van der Waals surface area contributed by atoms with E-state index in [9.17, 15) is 13.0 Å². The van der Waals surface area contributed by atoms with Crippen molar-refractivity contribution in [3.8, 4) is 0 Å². The summed E-state index contributed by atoms with van der Waals surface area (Å²) in [6.45, 7) is 13.9. The molecule has 3 rings (SSSR count). The van der Waals surface area contributed by atoms with Crippen molar-refractivity contribution in [1.82, 2.24) is 0 Å². The third-order valence-electron chi connectivity index (χ3n) is 5.53. The Labute approximate surface area is 200 Å². The Morgan fingerprint density at radius 1 is 0.742 bits per heavy atom. The summed E-state index contributed by atoms with van der Waals surface area (Å²) in [5, 5.41) is -0.582. The molecule has 2 aromatic carbocycles. The fourth-order valence-corrected chi connectivity index (χ4v) is 8.64. The Kier molecular flexibility index (Phi) is 9.17. The molecule has 0 unspecified atom stereocenters. The Morgan fingerprint density at radius 3 is 1.45 bits per heavy atom. The van der Waals surface area contributed by atoms with Crippen LogP contribution >= 0.6 is 0 Å². The lowest BCUT2D eigenvalue weighted by molar-refractivity contribution is -0.599. The number of hydrogen-bond donors (Lipinski definition) is 0. The summed E-state index contributed by atoms with van der Waals surface area (Å²) in [6.07, 6.45) is 4.02. The van der Waals surface area contributed by atoms with Crippen LogP contribution in [0.3, 0.4) is 0 Å². The molecule has 1 aliphatic carbocycles. The van der Waals surface area contributed by atoms with Gasteiger partial charge < -0.3 is 4.55 Å². The minimum atomic E-state index is -3.98. The van der Waals surface area contributed by atoms with E-state index < -0.39 is 15.4 Å². The van der Waals surface area contributed by atoms with Crippen molar-refractivity contribution in [2.45, 2.75) is 89.7 Å². The summed E-state index contributed by atoms with van der Waals surface area (Å²) in [6, 6.07) is 18.0. The molecular weight excluding hydrogens is 519 g/mol. The first-order valence-corrected chi connectivity index (χ1v) is 14.7. The first-order valence-electron chi connectivity index (χ1n) is 11.1. The molecule has 31 heavy (non-hydrogen) atoms. The van der Waals surface area contributed by atoms with Crippen molar-refractivity contribution < 1.29 is 34.2 Å². The lowest BCUT2D eigenvalue weighted by Gasteiger charge is -2.23. The highest BCUT2D eigenvalue weighted by atomic mass is 127. The van der Waals surface area contributed by atoms with E-state index >= 15 is 0 Å². The summed E-state index contributed by atoms with van der Waals surface area (Å²) < 4.78 is 34.4. The lowest BCUT2D eigenvalue weighted by Crippen LogP contribution is -3.62. The van der Waals surface area contributed by atoms with Crippen LogP contribution in [0.2, 0.25) is 0 Å². The predicted octanol–water partition coefficient (Wildman–Crippen LogP) is 3.27. The highest BCUT2D eigenvalue weighted by molar-refractivity contribution is 7.86. The van der Waals surface area contributed by atoms with Crippen molar-refractivity contribution in [2.24, 2.45) is 0 Å². The second kappa shape index (κ2) is 10.8. The Hall–Kier alpha value is -0.920. The van der Waals surface area contributed by atoms with E-state index in [0.717, 1.165) is 19.3 Å². The van der Waals surface area contributed by atoms with Crippen LogP contribution in [0.1, 0.15) is 84.8 Å². The van der Waals surface area contributed by atoms with Crippen LogP contribution in [0.5, 0.6) is 0 Å². The number of benzene rings is 2. The fraction of sp³-hybridized carbons (Fsp3) is 0.538. The molecule has 0 amide bonds. The van der Waals surface area contributed by atoms with Gasteiger partial charge in [0, 0.05) is 16.4 Å². The standard InChI is InChI=1S/C20H26I.C6H12O3S/c1-19(2,3)15-11-7-9-13-17(15)21-18-14-10-8-12-16(18)20(4,5)6;7-10(8,9)6-4-2-1-3-5-6/h7-14H,1-6H3;6H,1-5H2,(H,7,8,9)/q+1;/p-1. The predicted molar refractivity (Wildman–Crippen MR) is 124 cm³/mol. The van der Waals surface area contributed by atoms with E-state index in [1.54, 1.807) is 7.14 Å². The molecule has 172 valence electrons. The van der Waals surface area contributed by atoms with Gasteiger partial charge in [0.05, 0.1) is 10.1 Å².